The first-order valence-electron chi connectivity index (χ1n) is 10.5. The monoisotopic (exact) mass is 342 g/mol. The Kier molecular flexibility index (Phi) is 15.6. The van der Waals surface area contributed by atoms with Gasteiger partial charge in [0.15, 0.2) is 0 Å². The van der Waals surface area contributed by atoms with Crippen molar-refractivity contribution in [2.45, 2.75) is 103 Å². The molecule has 0 heterocycles. The van der Waals surface area contributed by atoms with Crippen molar-refractivity contribution in [2.75, 3.05) is 27.2 Å². The van der Waals surface area contributed by atoms with Crippen LogP contribution in [0.25, 0.3) is 0 Å². The molecule has 0 aliphatic carbocycles. The molecule has 24 heavy (non-hydrogen) atoms. The molecule has 0 radical (unpaired) electrons. The highest BCUT2D eigenvalue weighted by molar-refractivity contribution is 5.66. The van der Waals surface area contributed by atoms with Crippen LogP contribution in [0.2, 0.25) is 0 Å². The van der Waals surface area contributed by atoms with E-state index < -0.39 is 5.97 Å². The molecule has 3 nitrogen and oxygen atoms in total. The van der Waals surface area contributed by atoms with Gasteiger partial charge >= 0.3 is 5.97 Å². The Labute approximate surface area is 151 Å². The number of hydrogen-bond donors (Lipinski definition) is 1. The van der Waals surface area contributed by atoms with Gasteiger partial charge < -0.3 is 9.59 Å². The second-order valence-electron chi connectivity index (χ2n) is 8.12. The fraction of sp³-hybridized carbons (Fsp3) is 0.952. The summed E-state index contributed by atoms with van der Waals surface area (Å²) in [7, 11) is 4.77. The molecule has 0 spiro atoms. The first-order chi connectivity index (χ1) is 11.5. The fourth-order valence-electron chi connectivity index (χ4n) is 3.31. The van der Waals surface area contributed by atoms with Crippen LogP contribution in [0.4, 0.5) is 0 Å². The summed E-state index contributed by atoms with van der Waals surface area (Å²) in [6.45, 7) is 4.92. The first kappa shape index (κ1) is 23.4. The normalized spacial score (nSPS) is 11.8. The predicted octanol–water partition coefficient (Wildman–Crippen LogP) is 6.02. The minimum atomic E-state index is -0.656. The third kappa shape index (κ3) is 17.8. The van der Waals surface area contributed by atoms with Gasteiger partial charge in [-0.2, -0.15) is 0 Å². The van der Waals surface area contributed by atoms with Gasteiger partial charge in [-0.1, -0.05) is 64.7 Å². The Morgan fingerprint density at radius 1 is 0.667 bits per heavy atom. The topological polar surface area (TPSA) is 37.3 Å². The number of carboxylic acid groups (broad SMARTS) is 1. The summed E-state index contributed by atoms with van der Waals surface area (Å²) in [4.78, 5) is 10.4. The maximum atomic E-state index is 10.4. The average Bonchev–Trinajstić information content (AvgIpc) is 2.52. The van der Waals surface area contributed by atoms with Crippen molar-refractivity contribution in [2.24, 2.45) is 0 Å². The van der Waals surface area contributed by atoms with E-state index in [0.29, 0.717) is 6.42 Å². The Hall–Kier alpha value is -0.570. The Bertz CT molecular complexity index is 290. The van der Waals surface area contributed by atoms with Crippen molar-refractivity contribution < 1.29 is 14.4 Å². The minimum Gasteiger partial charge on any atom is -0.481 e. The van der Waals surface area contributed by atoms with Gasteiger partial charge in [-0.05, 0) is 32.1 Å². The lowest BCUT2D eigenvalue weighted by molar-refractivity contribution is -0.890. The predicted molar refractivity (Wildman–Crippen MR) is 104 cm³/mol. The van der Waals surface area contributed by atoms with Crippen LogP contribution in [0.3, 0.4) is 0 Å². The van der Waals surface area contributed by atoms with Crippen molar-refractivity contribution >= 4 is 5.97 Å². The lowest BCUT2D eigenvalue weighted by Gasteiger charge is -2.30. The average molecular weight is 343 g/mol. The molecule has 3 heteroatoms. The van der Waals surface area contributed by atoms with Crippen molar-refractivity contribution in [1.82, 2.24) is 0 Å². The molecular weight excluding hydrogens is 298 g/mol. The number of quaternary nitrogens is 1. The quantitative estimate of drug-likeness (QED) is 0.244. The fourth-order valence-corrected chi connectivity index (χ4v) is 3.31. The van der Waals surface area contributed by atoms with E-state index in [1.807, 2.05) is 0 Å². The van der Waals surface area contributed by atoms with Crippen molar-refractivity contribution in [1.29, 1.82) is 0 Å². The van der Waals surface area contributed by atoms with E-state index in [-0.39, 0.29) is 0 Å². The summed E-state index contributed by atoms with van der Waals surface area (Å²) in [6, 6.07) is 0. The van der Waals surface area contributed by atoms with Crippen LogP contribution < -0.4 is 0 Å². The van der Waals surface area contributed by atoms with Crippen LogP contribution in [-0.2, 0) is 4.79 Å². The summed E-state index contributed by atoms with van der Waals surface area (Å²) < 4.78 is 1.18. The molecule has 0 fully saturated rings. The molecule has 1 N–H and O–H groups in total. The Balaban J connectivity index is 3.34. The third-order valence-electron chi connectivity index (χ3n) is 5.02. The third-order valence-corrected chi connectivity index (χ3v) is 5.02. The molecule has 0 aromatic carbocycles. The van der Waals surface area contributed by atoms with Crippen LogP contribution in [0.1, 0.15) is 103 Å². The Morgan fingerprint density at radius 3 is 1.46 bits per heavy atom. The van der Waals surface area contributed by atoms with E-state index >= 15 is 0 Å². The van der Waals surface area contributed by atoms with Gasteiger partial charge in [-0.15, -0.1) is 0 Å². The second-order valence-corrected chi connectivity index (χ2v) is 8.12. The van der Waals surface area contributed by atoms with Crippen molar-refractivity contribution in [3.8, 4) is 0 Å². The zero-order valence-electron chi connectivity index (χ0n) is 16.8. The molecule has 0 aromatic rings. The van der Waals surface area contributed by atoms with Crippen LogP contribution in [0.5, 0.6) is 0 Å². The second kappa shape index (κ2) is 15.9. The molecule has 0 bridgehead atoms. The molecule has 0 aromatic heterocycles. The molecule has 0 saturated carbocycles. The molecular formula is C21H44NO2+. The van der Waals surface area contributed by atoms with Crippen molar-refractivity contribution in [3.05, 3.63) is 0 Å². The van der Waals surface area contributed by atoms with Gasteiger partial charge in [0, 0.05) is 6.42 Å². The van der Waals surface area contributed by atoms with E-state index in [0.717, 1.165) is 12.8 Å². The Morgan fingerprint density at radius 2 is 1.04 bits per heavy atom. The SMILES string of the molecule is CCCCCCCC[N+](C)(C)CCCCCCCCCCC(=O)O. The summed E-state index contributed by atoms with van der Waals surface area (Å²) >= 11 is 0. The van der Waals surface area contributed by atoms with Crippen LogP contribution in [0.15, 0.2) is 0 Å². The molecule has 144 valence electrons. The molecule has 0 aliphatic heterocycles. The number of carbonyl (C=O) groups is 1. The molecule has 0 atom stereocenters. The lowest BCUT2D eigenvalue weighted by atomic mass is 10.1. The summed E-state index contributed by atoms with van der Waals surface area (Å²) in [5.74, 6) is -0.656. The van der Waals surface area contributed by atoms with Gasteiger partial charge in [0.25, 0.3) is 0 Å². The zero-order valence-corrected chi connectivity index (χ0v) is 16.8. The van der Waals surface area contributed by atoms with Gasteiger partial charge in [0.2, 0.25) is 0 Å². The molecule has 0 unspecified atom stereocenters. The first-order valence-corrected chi connectivity index (χ1v) is 10.5. The number of unbranched alkanes of at least 4 members (excludes halogenated alkanes) is 12. The van der Waals surface area contributed by atoms with E-state index in [4.69, 9.17) is 5.11 Å². The largest absolute Gasteiger partial charge is 0.481 e. The zero-order chi connectivity index (χ0) is 18.1. The maximum Gasteiger partial charge on any atom is 0.303 e. The van der Waals surface area contributed by atoms with Crippen LogP contribution in [-0.4, -0.2) is 42.7 Å². The molecule has 0 aliphatic rings. The highest BCUT2D eigenvalue weighted by atomic mass is 16.4. The summed E-state index contributed by atoms with van der Waals surface area (Å²) in [6.07, 6.45) is 18.5. The highest BCUT2D eigenvalue weighted by Crippen LogP contribution is 2.12. The number of rotatable bonds is 18. The maximum absolute atomic E-state index is 10.4. The standard InChI is InChI=1S/C21H43NO2/c1-4-5-6-7-13-16-19-22(2,3)20-17-14-11-9-8-10-12-15-18-21(23)24/h4-20H2,1-3H3/p+1. The van der Waals surface area contributed by atoms with Crippen molar-refractivity contribution in [3.63, 3.8) is 0 Å². The molecule has 0 rings (SSSR count). The van der Waals surface area contributed by atoms with Gasteiger partial charge in [0.1, 0.15) is 0 Å². The molecule has 0 saturated heterocycles. The highest BCUT2D eigenvalue weighted by Gasteiger charge is 2.13. The smallest absolute Gasteiger partial charge is 0.303 e. The lowest BCUT2D eigenvalue weighted by Crippen LogP contribution is -2.41. The number of hydrogen-bond acceptors (Lipinski definition) is 1. The van der Waals surface area contributed by atoms with Crippen LogP contribution >= 0.6 is 0 Å². The summed E-state index contributed by atoms with van der Waals surface area (Å²) in [5, 5.41) is 8.58. The molecule has 0 amide bonds. The number of nitrogens with zero attached hydrogens (tertiary/aromatic N) is 1. The van der Waals surface area contributed by atoms with Gasteiger partial charge in [-0.25, -0.2) is 0 Å². The summed E-state index contributed by atoms with van der Waals surface area (Å²) in [5.41, 5.74) is 0. The number of aliphatic carboxylic acids is 1. The van der Waals surface area contributed by atoms with E-state index in [1.165, 1.54) is 94.6 Å². The van der Waals surface area contributed by atoms with Gasteiger partial charge in [-0.3, -0.25) is 4.79 Å². The van der Waals surface area contributed by atoms with E-state index in [1.54, 1.807) is 0 Å². The minimum absolute atomic E-state index is 0.339. The van der Waals surface area contributed by atoms with Gasteiger partial charge in [0.05, 0.1) is 27.2 Å². The van der Waals surface area contributed by atoms with E-state index in [9.17, 15) is 4.79 Å². The number of carboxylic acids is 1. The van der Waals surface area contributed by atoms with Crippen LogP contribution in [0, 0.1) is 0 Å². The van der Waals surface area contributed by atoms with E-state index in [2.05, 4.69) is 21.0 Å².